The summed E-state index contributed by atoms with van der Waals surface area (Å²) in [5, 5.41) is 7.20. The number of anilines is 4. The molecule has 0 spiro atoms. The summed E-state index contributed by atoms with van der Waals surface area (Å²) in [4.78, 5) is 24.7. The summed E-state index contributed by atoms with van der Waals surface area (Å²) in [6.45, 7) is 4.04. The Labute approximate surface area is 197 Å². The molecule has 2 N–H and O–H groups in total. The molecule has 0 radical (unpaired) electrons. The summed E-state index contributed by atoms with van der Waals surface area (Å²) < 4.78 is 15.4. The van der Waals surface area contributed by atoms with Gasteiger partial charge in [0.15, 0.2) is 17.3 Å². The van der Waals surface area contributed by atoms with Crippen molar-refractivity contribution in [3.63, 3.8) is 0 Å². The first-order chi connectivity index (χ1) is 16.0. The second-order valence-electron chi connectivity index (χ2n) is 8.39. The lowest BCUT2D eigenvalue weighted by molar-refractivity contribution is 0.0593. The van der Waals surface area contributed by atoms with Crippen LogP contribution in [0.2, 0.25) is 5.15 Å². The van der Waals surface area contributed by atoms with Crippen molar-refractivity contribution in [1.82, 2.24) is 9.97 Å². The number of halogens is 1. The van der Waals surface area contributed by atoms with Crippen LogP contribution in [-0.4, -0.2) is 75.5 Å². The highest BCUT2D eigenvalue weighted by molar-refractivity contribution is 6.29. The van der Waals surface area contributed by atoms with E-state index in [1.807, 2.05) is 0 Å². The molecule has 176 valence electrons. The van der Waals surface area contributed by atoms with Crippen molar-refractivity contribution in [3.8, 4) is 11.5 Å². The average molecular weight is 475 g/mol. The van der Waals surface area contributed by atoms with E-state index in [1.165, 1.54) is 7.11 Å². The van der Waals surface area contributed by atoms with Gasteiger partial charge in [-0.05, 0) is 12.8 Å². The molecule has 4 bridgehead atoms. The molecular formula is C22H27ClN6O4. The average Bonchev–Trinajstić information content (AvgIpc) is 3.40. The third kappa shape index (κ3) is 3.92. The van der Waals surface area contributed by atoms with Gasteiger partial charge in [0, 0.05) is 50.4 Å². The third-order valence-electron chi connectivity index (χ3n) is 6.41. The molecule has 10 nitrogen and oxygen atoms in total. The normalized spacial score (nSPS) is 21.1. The number of hydrogen-bond donors (Lipinski definition) is 2. The highest BCUT2D eigenvalue weighted by Gasteiger charge is 2.35. The number of nitrogens with one attached hydrogen (secondary N) is 2. The molecule has 0 saturated carbocycles. The SMILES string of the molecule is COC(=O)c1cc(OC)c2c(n1)N[C@H]1CCN2C1.COc1cc(Cl)nc2c1N1CC[C@@H](C1)N2. The van der Waals surface area contributed by atoms with Gasteiger partial charge in [-0.1, -0.05) is 11.6 Å². The number of fused-ring (bicyclic) bond motifs is 8. The van der Waals surface area contributed by atoms with Crippen molar-refractivity contribution in [3.05, 3.63) is 23.0 Å². The quantitative estimate of drug-likeness (QED) is 0.510. The first-order valence-corrected chi connectivity index (χ1v) is 11.3. The number of rotatable bonds is 3. The molecule has 33 heavy (non-hydrogen) atoms. The van der Waals surface area contributed by atoms with Crippen LogP contribution in [0.25, 0.3) is 0 Å². The summed E-state index contributed by atoms with van der Waals surface area (Å²) >= 11 is 5.93. The maximum absolute atomic E-state index is 11.6. The number of esters is 1. The zero-order valence-corrected chi connectivity index (χ0v) is 19.6. The van der Waals surface area contributed by atoms with Gasteiger partial charge in [0.05, 0.1) is 21.3 Å². The number of aromatic nitrogens is 2. The Bertz CT molecular complexity index is 1080. The lowest BCUT2D eigenvalue weighted by Crippen LogP contribution is -2.33. The van der Waals surface area contributed by atoms with Gasteiger partial charge in [0.1, 0.15) is 28.0 Å². The Balaban J connectivity index is 0.000000140. The topological polar surface area (TPSA) is 101 Å². The molecule has 2 aromatic heterocycles. The number of nitrogens with zero attached hydrogens (tertiary/aromatic N) is 4. The van der Waals surface area contributed by atoms with Gasteiger partial charge >= 0.3 is 5.97 Å². The number of pyridine rings is 2. The standard InChI is InChI=1S/C12H15N3O3.C10H12ClN3O/c1-17-9-5-8(12(16)18-2)14-11-10(9)15-4-3-7(6-15)13-11;1-15-7-4-8(11)13-10-9(7)14-3-2-6(5-14)12-10/h5,7H,3-4,6H2,1-2H3,(H,13,14);4,6H,2-3,5H2,1H3,(H,12,13)/t7-;6-/m00/s1. The van der Waals surface area contributed by atoms with E-state index in [2.05, 4.69) is 30.4 Å². The molecule has 2 saturated heterocycles. The van der Waals surface area contributed by atoms with E-state index in [9.17, 15) is 4.79 Å². The minimum Gasteiger partial charge on any atom is -0.494 e. The van der Waals surface area contributed by atoms with Crippen LogP contribution in [0.3, 0.4) is 0 Å². The Morgan fingerprint density at radius 1 is 0.939 bits per heavy atom. The predicted molar refractivity (Wildman–Crippen MR) is 126 cm³/mol. The molecule has 0 amide bonds. The van der Waals surface area contributed by atoms with Crippen LogP contribution >= 0.6 is 11.6 Å². The van der Waals surface area contributed by atoms with Crippen LogP contribution in [-0.2, 0) is 4.74 Å². The fourth-order valence-corrected chi connectivity index (χ4v) is 5.07. The van der Waals surface area contributed by atoms with Crippen molar-refractivity contribution in [2.45, 2.75) is 24.9 Å². The fourth-order valence-electron chi connectivity index (χ4n) is 4.88. The molecule has 0 aromatic carbocycles. The maximum atomic E-state index is 11.6. The third-order valence-corrected chi connectivity index (χ3v) is 6.60. The number of ether oxygens (including phenoxy) is 3. The number of carbonyl (C=O) groups excluding carboxylic acids is 1. The van der Waals surface area contributed by atoms with Gasteiger partial charge < -0.3 is 34.6 Å². The van der Waals surface area contributed by atoms with Crippen molar-refractivity contribution in [2.24, 2.45) is 0 Å². The van der Waals surface area contributed by atoms with E-state index in [4.69, 9.17) is 25.8 Å². The van der Waals surface area contributed by atoms with Crippen LogP contribution in [0.4, 0.5) is 23.0 Å². The van der Waals surface area contributed by atoms with Gasteiger partial charge in [-0.2, -0.15) is 0 Å². The van der Waals surface area contributed by atoms with Crippen LogP contribution in [0.15, 0.2) is 12.1 Å². The fraction of sp³-hybridized carbons (Fsp3) is 0.500. The van der Waals surface area contributed by atoms with Crippen molar-refractivity contribution < 1.29 is 19.0 Å². The molecule has 0 unspecified atom stereocenters. The summed E-state index contributed by atoms with van der Waals surface area (Å²) in [6, 6.07) is 4.31. The Morgan fingerprint density at radius 2 is 1.48 bits per heavy atom. The predicted octanol–water partition coefficient (Wildman–Crippen LogP) is 2.63. The first-order valence-electron chi connectivity index (χ1n) is 11.0. The number of methoxy groups -OCH3 is 3. The van der Waals surface area contributed by atoms with Crippen molar-refractivity contribution in [1.29, 1.82) is 0 Å². The van der Waals surface area contributed by atoms with Crippen LogP contribution in [0.1, 0.15) is 23.3 Å². The molecular weight excluding hydrogens is 448 g/mol. The second-order valence-corrected chi connectivity index (χ2v) is 8.78. The maximum Gasteiger partial charge on any atom is 0.356 e. The molecule has 2 fully saturated rings. The molecule has 2 atom stereocenters. The lowest BCUT2D eigenvalue weighted by atomic mass is 10.2. The Kier molecular flexibility index (Phi) is 5.69. The first kappa shape index (κ1) is 21.7. The number of hydrogen-bond acceptors (Lipinski definition) is 10. The molecule has 4 aliphatic heterocycles. The zero-order valence-electron chi connectivity index (χ0n) is 18.9. The highest BCUT2D eigenvalue weighted by Crippen LogP contribution is 2.43. The van der Waals surface area contributed by atoms with Gasteiger partial charge in [-0.3, -0.25) is 0 Å². The smallest absolute Gasteiger partial charge is 0.356 e. The minimum atomic E-state index is -0.453. The van der Waals surface area contributed by atoms with E-state index < -0.39 is 5.97 Å². The van der Waals surface area contributed by atoms with E-state index in [0.717, 1.165) is 62.0 Å². The molecule has 6 rings (SSSR count). The van der Waals surface area contributed by atoms with Gasteiger partial charge in [-0.25, -0.2) is 14.8 Å². The largest absolute Gasteiger partial charge is 0.494 e. The minimum absolute atomic E-state index is 0.267. The molecule has 2 aromatic rings. The summed E-state index contributed by atoms with van der Waals surface area (Å²) in [5.74, 6) is 2.58. The summed E-state index contributed by atoms with van der Waals surface area (Å²) in [7, 11) is 4.60. The van der Waals surface area contributed by atoms with Gasteiger partial charge in [0.25, 0.3) is 0 Å². The molecule has 11 heteroatoms. The Morgan fingerprint density at radius 3 is 2.03 bits per heavy atom. The monoisotopic (exact) mass is 474 g/mol. The molecule has 4 aliphatic rings. The summed E-state index contributed by atoms with van der Waals surface area (Å²) in [5.41, 5.74) is 2.26. The van der Waals surface area contributed by atoms with Crippen LogP contribution < -0.4 is 29.9 Å². The second kappa shape index (κ2) is 8.66. The lowest BCUT2D eigenvalue weighted by Gasteiger charge is -2.29. The molecule has 6 heterocycles. The summed E-state index contributed by atoms with van der Waals surface area (Å²) in [6.07, 6.45) is 2.23. The number of carbonyl (C=O) groups is 1. The molecule has 0 aliphatic carbocycles. The Hall–Kier alpha value is -3.14. The van der Waals surface area contributed by atoms with E-state index in [0.29, 0.717) is 28.8 Å². The van der Waals surface area contributed by atoms with E-state index >= 15 is 0 Å². The van der Waals surface area contributed by atoms with Crippen LogP contribution in [0.5, 0.6) is 11.5 Å². The van der Waals surface area contributed by atoms with Crippen molar-refractivity contribution >= 4 is 40.6 Å². The van der Waals surface area contributed by atoms with E-state index in [-0.39, 0.29) is 5.69 Å². The van der Waals surface area contributed by atoms with Gasteiger partial charge in [0.2, 0.25) is 0 Å². The van der Waals surface area contributed by atoms with Crippen LogP contribution in [0, 0.1) is 0 Å². The van der Waals surface area contributed by atoms with Crippen molar-refractivity contribution in [2.75, 3.05) is 67.9 Å². The van der Waals surface area contributed by atoms with E-state index in [1.54, 1.807) is 26.4 Å². The highest BCUT2D eigenvalue weighted by atomic mass is 35.5. The zero-order chi connectivity index (χ0) is 23.1. The van der Waals surface area contributed by atoms with Gasteiger partial charge in [-0.15, -0.1) is 0 Å².